The van der Waals surface area contributed by atoms with Gasteiger partial charge in [0, 0.05) is 12.8 Å². The Labute approximate surface area is 182 Å². The minimum absolute atomic E-state index is 0.0255. The molecule has 0 spiro atoms. The van der Waals surface area contributed by atoms with Gasteiger partial charge < -0.3 is 20.1 Å². The van der Waals surface area contributed by atoms with Gasteiger partial charge in [-0.05, 0) is 16.7 Å². The van der Waals surface area contributed by atoms with E-state index in [4.69, 9.17) is 4.74 Å². The second-order valence-electron chi connectivity index (χ2n) is 7.61. The van der Waals surface area contributed by atoms with Gasteiger partial charge >= 0.3 is 0 Å². The van der Waals surface area contributed by atoms with Crippen LogP contribution in [-0.4, -0.2) is 45.5 Å². The smallest absolute Gasteiger partial charge is 0.172 e. The summed E-state index contributed by atoms with van der Waals surface area (Å²) in [5, 5.41) is 30.9. The van der Waals surface area contributed by atoms with Gasteiger partial charge in [0.2, 0.25) is 0 Å². The van der Waals surface area contributed by atoms with Crippen molar-refractivity contribution < 1.29 is 24.9 Å². The summed E-state index contributed by atoms with van der Waals surface area (Å²) >= 11 is 0. The number of hydrogen-bond acceptors (Lipinski definition) is 5. The molecule has 5 nitrogen and oxygen atoms in total. The topological polar surface area (TPSA) is 87.0 Å². The van der Waals surface area contributed by atoms with E-state index in [1.807, 2.05) is 91.0 Å². The molecule has 3 aromatic rings. The van der Waals surface area contributed by atoms with Crippen molar-refractivity contribution in [1.29, 1.82) is 0 Å². The van der Waals surface area contributed by atoms with Crippen molar-refractivity contribution in [2.24, 2.45) is 0 Å². The predicted molar refractivity (Wildman–Crippen MR) is 118 cm³/mol. The Bertz CT molecular complexity index is 930. The van der Waals surface area contributed by atoms with E-state index >= 15 is 0 Å². The van der Waals surface area contributed by atoms with Crippen LogP contribution in [0.15, 0.2) is 91.0 Å². The van der Waals surface area contributed by atoms with E-state index in [-0.39, 0.29) is 25.2 Å². The monoisotopic (exact) mass is 420 g/mol. The summed E-state index contributed by atoms with van der Waals surface area (Å²) in [5.74, 6) is -0.363. The number of Topliss-reactive ketones (excluding diaryl/α,β-unsaturated/α-hetero) is 1. The third kappa shape index (κ3) is 5.87. The molecule has 3 atom stereocenters. The molecule has 0 bridgehead atoms. The Morgan fingerprint density at radius 2 is 1.26 bits per heavy atom. The standard InChI is InChI=1S/C26H28O5/c27-18-23(28)25(30)26(17-21-12-6-2-7-13-21,31-19-22-14-8-3-9-15-22)24(29)16-20-10-4-1-5-11-20/h1-15,23,25,27-28,30H,16-19H2/t23?,25?,26-/m0/s1. The lowest BCUT2D eigenvalue weighted by Crippen LogP contribution is -2.59. The van der Waals surface area contributed by atoms with Gasteiger partial charge in [-0.15, -0.1) is 0 Å². The van der Waals surface area contributed by atoms with Gasteiger partial charge in [0.05, 0.1) is 13.2 Å². The van der Waals surface area contributed by atoms with Gasteiger partial charge in [0.1, 0.15) is 12.2 Å². The Morgan fingerprint density at radius 3 is 1.77 bits per heavy atom. The first-order chi connectivity index (χ1) is 15.0. The molecule has 0 heterocycles. The second-order valence-corrected chi connectivity index (χ2v) is 7.61. The number of ether oxygens (including phenoxy) is 1. The fraction of sp³-hybridized carbons (Fsp3) is 0.269. The van der Waals surface area contributed by atoms with Crippen LogP contribution in [0.2, 0.25) is 0 Å². The third-order valence-electron chi connectivity index (χ3n) is 5.36. The number of carbonyl (C=O) groups excluding carboxylic acids is 1. The average Bonchev–Trinajstić information content (AvgIpc) is 2.82. The molecule has 0 saturated heterocycles. The van der Waals surface area contributed by atoms with Crippen LogP contribution in [0.5, 0.6) is 0 Å². The average molecular weight is 421 g/mol. The van der Waals surface area contributed by atoms with Crippen molar-refractivity contribution in [1.82, 2.24) is 0 Å². The largest absolute Gasteiger partial charge is 0.394 e. The zero-order chi connectivity index (χ0) is 22.1. The molecule has 31 heavy (non-hydrogen) atoms. The van der Waals surface area contributed by atoms with E-state index in [9.17, 15) is 20.1 Å². The van der Waals surface area contributed by atoms with Crippen LogP contribution in [-0.2, 0) is 29.0 Å². The van der Waals surface area contributed by atoms with E-state index in [0.29, 0.717) is 0 Å². The summed E-state index contributed by atoms with van der Waals surface area (Å²) in [5.41, 5.74) is 0.646. The SMILES string of the molecule is O=C(Cc1ccccc1)[C@](Cc1ccccc1)(OCc1ccccc1)C(O)C(O)CO. The molecule has 0 aliphatic rings. The van der Waals surface area contributed by atoms with Gasteiger partial charge in [0.25, 0.3) is 0 Å². The summed E-state index contributed by atoms with van der Waals surface area (Å²) in [6.45, 7) is -0.617. The van der Waals surface area contributed by atoms with Crippen molar-refractivity contribution in [2.45, 2.75) is 37.3 Å². The first kappa shape index (κ1) is 22.8. The van der Waals surface area contributed by atoms with E-state index in [1.54, 1.807) is 0 Å². The molecular formula is C26H28O5. The fourth-order valence-electron chi connectivity index (χ4n) is 3.61. The molecule has 3 aromatic carbocycles. The lowest BCUT2D eigenvalue weighted by molar-refractivity contribution is -0.183. The van der Waals surface area contributed by atoms with Crippen LogP contribution in [0.3, 0.4) is 0 Å². The van der Waals surface area contributed by atoms with Crippen LogP contribution < -0.4 is 0 Å². The van der Waals surface area contributed by atoms with Crippen molar-refractivity contribution >= 4 is 5.78 Å². The molecule has 0 aromatic heterocycles. The second kappa shape index (κ2) is 11.0. The van der Waals surface area contributed by atoms with Crippen LogP contribution in [0.25, 0.3) is 0 Å². The zero-order valence-electron chi connectivity index (χ0n) is 17.3. The van der Waals surface area contributed by atoms with Gasteiger partial charge in [-0.25, -0.2) is 0 Å². The summed E-state index contributed by atoms with van der Waals surface area (Å²) in [6.07, 6.45) is -3.06. The molecule has 5 heteroatoms. The molecule has 162 valence electrons. The van der Waals surface area contributed by atoms with Crippen molar-refractivity contribution in [3.63, 3.8) is 0 Å². The molecule has 0 aliphatic carbocycles. The highest BCUT2D eigenvalue weighted by molar-refractivity contribution is 5.90. The molecule has 3 rings (SSSR count). The van der Waals surface area contributed by atoms with Crippen LogP contribution in [0, 0.1) is 0 Å². The van der Waals surface area contributed by atoms with Gasteiger partial charge in [0.15, 0.2) is 11.4 Å². The van der Waals surface area contributed by atoms with Crippen molar-refractivity contribution in [3.8, 4) is 0 Å². The summed E-state index contributed by atoms with van der Waals surface area (Å²) < 4.78 is 6.17. The van der Waals surface area contributed by atoms with Crippen LogP contribution in [0.4, 0.5) is 0 Å². The molecule has 0 aliphatic heterocycles. The molecule has 0 fully saturated rings. The summed E-state index contributed by atoms with van der Waals surface area (Å²) in [7, 11) is 0. The third-order valence-corrected chi connectivity index (χ3v) is 5.36. The number of ketones is 1. The molecule has 0 radical (unpaired) electrons. The van der Waals surface area contributed by atoms with Gasteiger partial charge in [-0.2, -0.15) is 0 Å². The van der Waals surface area contributed by atoms with E-state index in [1.165, 1.54) is 0 Å². The highest BCUT2D eigenvalue weighted by Gasteiger charge is 2.48. The fourth-order valence-corrected chi connectivity index (χ4v) is 3.61. The van der Waals surface area contributed by atoms with E-state index in [2.05, 4.69) is 0 Å². The number of aliphatic hydroxyl groups is 3. The Kier molecular flexibility index (Phi) is 8.09. The maximum atomic E-state index is 13.6. The number of rotatable bonds is 11. The number of hydrogen-bond donors (Lipinski definition) is 3. The molecular weight excluding hydrogens is 392 g/mol. The molecule has 3 N–H and O–H groups in total. The van der Waals surface area contributed by atoms with Crippen LogP contribution >= 0.6 is 0 Å². The number of aliphatic hydroxyl groups excluding tert-OH is 3. The van der Waals surface area contributed by atoms with E-state index < -0.39 is 24.4 Å². The molecule has 0 saturated carbocycles. The summed E-state index contributed by atoms with van der Waals surface area (Å²) in [4.78, 5) is 13.6. The summed E-state index contributed by atoms with van der Waals surface area (Å²) in [6, 6.07) is 27.8. The Morgan fingerprint density at radius 1 is 0.774 bits per heavy atom. The van der Waals surface area contributed by atoms with Crippen molar-refractivity contribution in [3.05, 3.63) is 108 Å². The maximum absolute atomic E-state index is 13.6. The first-order valence-corrected chi connectivity index (χ1v) is 10.3. The van der Waals surface area contributed by atoms with Gasteiger partial charge in [-0.1, -0.05) is 91.0 Å². The number of carbonyl (C=O) groups is 1. The number of benzene rings is 3. The quantitative estimate of drug-likeness (QED) is 0.444. The maximum Gasteiger partial charge on any atom is 0.172 e. The first-order valence-electron chi connectivity index (χ1n) is 10.3. The minimum atomic E-state index is -1.74. The predicted octanol–water partition coefficient (Wildman–Crippen LogP) is 2.71. The van der Waals surface area contributed by atoms with Gasteiger partial charge in [-0.3, -0.25) is 4.79 Å². The zero-order valence-corrected chi connectivity index (χ0v) is 17.3. The Balaban J connectivity index is 2.00. The highest BCUT2D eigenvalue weighted by atomic mass is 16.5. The lowest BCUT2D eigenvalue weighted by Gasteiger charge is -2.38. The minimum Gasteiger partial charge on any atom is -0.394 e. The normalized spacial score (nSPS) is 15.1. The van der Waals surface area contributed by atoms with E-state index in [0.717, 1.165) is 16.7 Å². The highest BCUT2D eigenvalue weighted by Crippen LogP contribution is 2.29. The van der Waals surface area contributed by atoms with Crippen molar-refractivity contribution in [2.75, 3.05) is 6.61 Å². The lowest BCUT2D eigenvalue weighted by atomic mass is 9.80. The Hall–Kier alpha value is -2.83. The van der Waals surface area contributed by atoms with Crippen LogP contribution in [0.1, 0.15) is 16.7 Å². The molecule has 0 amide bonds. The molecule has 2 unspecified atom stereocenters.